The van der Waals surface area contributed by atoms with Crippen molar-refractivity contribution in [3.05, 3.63) is 59.9 Å². The first-order valence-electron chi connectivity index (χ1n) is 9.65. The maximum absolute atomic E-state index is 13.5. The Hall–Kier alpha value is -2.44. The van der Waals surface area contributed by atoms with Crippen LogP contribution in [-0.2, 0) is 16.1 Å². The maximum atomic E-state index is 13.5. The normalized spacial score (nSPS) is 16.3. The maximum Gasteiger partial charge on any atom is 0.225 e. The van der Waals surface area contributed by atoms with Crippen molar-refractivity contribution < 1.29 is 18.7 Å². The lowest BCUT2D eigenvalue weighted by Crippen LogP contribution is -2.34. The van der Waals surface area contributed by atoms with E-state index in [2.05, 4.69) is 10.2 Å². The van der Waals surface area contributed by atoms with Gasteiger partial charge in [-0.15, -0.1) is 0 Å². The second kappa shape index (κ2) is 10.2. The topological polar surface area (TPSA) is 50.8 Å². The zero-order valence-electron chi connectivity index (χ0n) is 16.2. The number of rotatable bonds is 9. The number of methoxy groups -OCH3 is 1. The summed E-state index contributed by atoms with van der Waals surface area (Å²) in [5.41, 5.74) is 1.55. The fourth-order valence-electron chi connectivity index (χ4n) is 3.42. The highest BCUT2D eigenvalue weighted by atomic mass is 19.1. The van der Waals surface area contributed by atoms with Gasteiger partial charge in [0.15, 0.2) is 0 Å². The van der Waals surface area contributed by atoms with E-state index in [4.69, 9.17) is 9.47 Å². The highest BCUT2D eigenvalue weighted by Crippen LogP contribution is 2.23. The van der Waals surface area contributed by atoms with E-state index < -0.39 is 0 Å². The molecule has 0 bridgehead atoms. The lowest BCUT2D eigenvalue weighted by Gasteiger charge is -2.25. The van der Waals surface area contributed by atoms with E-state index in [1.54, 1.807) is 13.2 Å². The minimum Gasteiger partial charge on any atom is -0.495 e. The van der Waals surface area contributed by atoms with Crippen molar-refractivity contribution >= 4 is 11.6 Å². The van der Waals surface area contributed by atoms with E-state index >= 15 is 0 Å². The summed E-state index contributed by atoms with van der Waals surface area (Å²) in [6, 6.07) is 13.9. The molecule has 150 valence electrons. The van der Waals surface area contributed by atoms with Crippen LogP contribution >= 0.6 is 0 Å². The van der Waals surface area contributed by atoms with E-state index in [1.165, 1.54) is 12.1 Å². The first kappa shape index (κ1) is 20.3. The second-order valence-corrected chi connectivity index (χ2v) is 7.00. The number of carbonyl (C=O) groups excluding carboxylic acids is 1. The summed E-state index contributed by atoms with van der Waals surface area (Å²) in [5, 5.41) is 2.90. The molecule has 1 saturated heterocycles. The molecule has 2 aromatic carbocycles. The Balaban J connectivity index is 1.59. The molecule has 6 heteroatoms. The van der Waals surface area contributed by atoms with Crippen LogP contribution in [0.4, 0.5) is 10.1 Å². The average Bonchev–Trinajstić information content (AvgIpc) is 3.20. The summed E-state index contributed by atoms with van der Waals surface area (Å²) in [7, 11) is 1.58. The zero-order chi connectivity index (χ0) is 19.8. The van der Waals surface area contributed by atoms with Gasteiger partial charge in [0.1, 0.15) is 11.6 Å². The van der Waals surface area contributed by atoms with Gasteiger partial charge >= 0.3 is 0 Å². The molecule has 0 radical (unpaired) electrons. The summed E-state index contributed by atoms with van der Waals surface area (Å²) in [6.45, 7) is 2.67. The van der Waals surface area contributed by atoms with Gasteiger partial charge in [-0.1, -0.05) is 24.3 Å². The quantitative estimate of drug-likeness (QED) is 0.711. The van der Waals surface area contributed by atoms with Crippen molar-refractivity contribution in [3.63, 3.8) is 0 Å². The van der Waals surface area contributed by atoms with Gasteiger partial charge in [0.2, 0.25) is 5.91 Å². The van der Waals surface area contributed by atoms with Gasteiger partial charge < -0.3 is 14.8 Å². The number of ether oxygens (including phenoxy) is 2. The Morgan fingerprint density at radius 2 is 2.14 bits per heavy atom. The minimum absolute atomic E-state index is 0.0823. The van der Waals surface area contributed by atoms with E-state index in [0.717, 1.165) is 31.6 Å². The monoisotopic (exact) mass is 386 g/mol. The van der Waals surface area contributed by atoms with Crippen molar-refractivity contribution in [1.82, 2.24) is 4.90 Å². The lowest BCUT2D eigenvalue weighted by atomic mass is 10.1. The number of benzene rings is 2. The molecular formula is C22H27FN2O3. The predicted octanol–water partition coefficient (Wildman–Crippen LogP) is 3.84. The largest absolute Gasteiger partial charge is 0.495 e. The van der Waals surface area contributed by atoms with Crippen LogP contribution < -0.4 is 10.1 Å². The van der Waals surface area contributed by atoms with Gasteiger partial charge in [-0.3, -0.25) is 9.69 Å². The molecule has 28 heavy (non-hydrogen) atoms. The Kier molecular flexibility index (Phi) is 7.39. The summed E-state index contributed by atoms with van der Waals surface area (Å²) < 4.78 is 24.5. The average molecular weight is 386 g/mol. The third kappa shape index (κ3) is 6.04. The number of nitrogens with one attached hydrogen (secondary N) is 1. The second-order valence-electron chi connectivity index (χ2n) is 7.00. The molecule has 1 amide bonds. The summed E-state index contributed by atoms with van der Waals surface area (Å²) in [5.74, 6) is 0.302. The van der Waals surface area contributed by atoms with Crippen LogP contribution in [0, 0.1) is 5.82 Å². The van der Waals surface area contributed by atoms with Crippen LogP contribution in [0.2, 0.25) is 0 Å². The van der Waals surface area contributed by atoms with Crippen molar-refractivity contribution in [2.75, 3.05) is 32.1 Å². The molecule has 0 saturated carbocycles. The van der Waals surface area contributed by atoms with Crippen LogP contribution in [0.25, 0.3) is 0 Å². The van der Waals surface area contributed by atoms with Crippen LogP contribution in [0.3, 0.4) is 0 Å². The first-order chi connectivity index (χ1) is 13.6. The number of hydrogen-bond donors (Lipinski definition) is 1. The van der Waals surface area contributed by atoms with Crippen molar-refractivity contribution in [1.29, 1.82) is 0 Å². The molecule has 5 nitrogen and oxygen atoms in total. The van der Waals surface area contributed by atoms with E-state index in [0.29, 0.717) is 30.9 Å². The van der Waals surface area contributed by atoms with Crippen molar-refractivity contribution in [2.45, 2.75) is 31.9 Å². The summed E-state index contributed by atoms with van der Waals surface area (Å²) in [4.78, 5) is 14.6. The molecule has 0 spiro atoms. The molecule has 0 aliphatic carbocycles. The van der Waals surface area contributed by atoms with E-state index in [-0.39, 0.29) is 17.8 Å². The zero-order valence-corrected chi connectivity index (χ0v) is 16.2. The Labute approximate surface area is 165 Å². The smallest absolute Gasteiger partial charge is 0.225 e. The molecule has 1 atom stereocenters. The lowest BCUT2D eigenvalue weighted by molar-refractivity contribution is -0.116. The van der Waals surface area contributed by atoms with Gasteiger partial charge in [0.25, 0.3) is 0 Å². The van der Waals surface area contributed by atoms with Crippen LogP contribution in [0.5, 0.6) is 5.75 Å². The van der Waals surface area contributed by atoms with Gasteiger partial charge in [-0.2, -0.15) is 0 Å². The number of carbonyl (C=O) groups is 1. The molecule has 1 heterocycles. The van der Waals surface area contributed by atoms with Crippen LogP contribution in [-0.4, -0.2) is 43.7 Å². The van der Waals surface area contributed by atoms with Gasteiger partial charge in [-0.25, -0.2) is 4.39 Å². The molecule has 1 aliphatic heterocycles. The Morgan fingerprint density at radius 3 is 2.89 bits per heavy atom. The van der Waals surface area contributed by atoms with Gasteiger partial charge in [0, 0.05) is 32.7 Å². The minimum atomic E-state index is -0.247. The molecule has 1 fully saturated rings. The molecule has 1 aliphatic rings. The fraction of sp³-hybridized carbons (Fsp3) is 0.409. The van der Waals surface area contributed by atoms with Crippen LogP contribution in [0.1, 0.15) is 24.8 Å². The molecule has 2 aromatic rings. The van der Waals surface area contributed by atoms with E-state index in [9.17, 15) is 9.18 Å². The third-order valence-corrected chi connectivity index (χ3v) is 4.82. The molecule has 1 N–H and O–H groups in total. The molecule has 1 unspecified atom stereocenters. The van der Waals surface area contributed by atoms with Crippen LogP contribution in [0.15, 0.2) is 48.5 Å². The number of amides is 1. The van der Waals surface area contributed by atoms with Crippen molar-refractivity contribution in [3.8, 4) is 5.75 Å². The SMILES string of the molecule is COc1ccccc1NC(=O)CCN(Cc1cccc(F)c1)CC1CCCO1. The first-order valence-corrected chi connectivity index (χ1v) is 9.65. The molecular weight excluding hydrogens is 359 g/mol. The number of halogens is 1. The highest BCUT2D eigenvalue weighted by molar-refractivity contribution is 5.92. The number of hydrogen-bond acceptors (Lipinski definition) is 4. The van der Waals surface area contributed by atoms with Gasteiger partial charge in [0.05, 0.1) is 18.9 Å². The molecule has 3 rings (SSSR count). The predicted molar refractivity (Wildman–Crippen MR) is 107 cm³/mol. The van der Waals surface area contributed by atoms with E-state index in [1.807, 2.05) is 30.3 Å². The standard InChI is InChI=1S/C22H27FN2O3/c1-27-21-10-3-2-9-20(21)24-22(26)11-12-25(16-19-8-5-13-28-19)15-17-6-4-7-18(23)14-17/h2-4,6-7,9-10,14,19H,5,8,11-13,15-16H2,1H3,(H,24,26). The Morgan fingerprint density at radius 1 is 1.29 bits per heavy atom. The Bertz CT molecular complexity index is 778. The summed E-state index contributed by atoms with van der Waals surface area (Å²) in [6.07, 6.45) is 2.59. The number of anilines is 1. The molecule has 0 aromatic heterocycles. The summed E-state index contributed by atoms with van der Waals surface area (Å²) >= 11 is 0. The number of nitrogens with zero attached hydrogens (tertiary/aromatic N) is 1. The van der Waals surface area contributed by atoms with Gasteiger partial charge in [-0.05, 0) is 42.7 Å². The fourth-order valence-corrected chi connectivity index (χ4v) is 3.42. The van der Waals surface area contributed by atoms with Crippen molar-refractivity contribution in [2.24, 2.45) is 0 Å². The number of para-hydroxylation sites is 2. The highest BCUT2D eigenvalue weighted by Gasteiger charge is 2.20. The third-order valence-electron chi connectivity index (χ3n) is 4.82.